The van der Waals surface area contributed by atoms with Gasteiger partial charge < -0.3 is 54.3 Å². The van der Waals surface area contributed by atoms with E-state index >= 15 is 0 Å². The first kappa shape index (κ1) is 20.9. The lowest BCUT2D eigenvalue weighted by Crippen LogP contribution is -2.63. The van der Waals surface area contributed by atoms with E-state index in [2.05, 4.69) is 4.74 Å². The van der Waals surface area contributed by atoms with Crippen molar-refractivity contribution in [3.63, 3.8) is 0 Å². The van der Waals surface area contributed by atoms with Gasteiger partial charge in [0, 0.05) is 0 Å². The standard InChI is InChI=1S/C17H24O12/c1-16-10-15(28-14-9(21)8(20)7(19)6(3-18)27-14)26-4-5(13(23)25-2)17(10,24)11(22)12(16)29-16/h4,6-12,14-15,18-22,24H,3H2,1-2H3/t6-,7-,8-,9-,10?,11-,12?,14+,15+,16+,17+/m1/s1. The van der Waals surface area contributed by atoms with Crippen molar-refractivity contribution in [3.8, 4) is 0 Å². The number of carbonyl (C=O) groups is 1. The molecule has 0 aromatic carbocycles. The van der Waals surface area contributed by atoms with Gasteiger partial charge in [0.05, 0.1) is 19.6 Å². The maximum absolute atomic E-state index is 12.1. The lowest BCUT2D eigenvalue weighted by atomic mass is 9.77. The molecule has 3 heterocycles. The maximum atomic E-state index is 12.1. The molecule has 2 saturated heterocycles. The molecular weight excluding hydrogens is 396 g/mol. The van der Waals surface area contributed by atoms with Crippen LogP contribution < -0.4 is 0 Å². The Balaban J connectivity index is 1.64. The zero-order chi connectivity index (χ0) is 21.3. The van der Waals surface area contributed by atoms with Gasteiger partial charge in [-0.25, -0.2) is 4.79 Å². The van der Waals surface area contributed by atoms with Crippen molar-refractivity contribution in [1.82, 2.24) is 0 Å². The highest BCUT2D eigenvalue weighted by Gasteiger charge is 2.81. The van der Waals surface area contributed by atoms with E-state index in [9.17, 15) is 35.4 Å². The minimum absolute atomic E-state index is 0.317. The summed E-state index contributed by atoms with van der Waals surface area (Å²) < 4.78 is 26.5. The normalized spacial score (nSPS) is 53.4. The van der Waals surface area contributed by atoms with E-state index in [-0.39, 0.29) is 5.57 Å². The monoisotopic (exact) mass is 420 g/mol. The van der Waals surface area contributed by atoms with Crippen LogP contribution in [-0.2, 0) is 28.5 Å². The Labute approximate surface area is 164 Å². The Hall–Kier alpha value is -1.35. The number of aliphatic hydroxyl groups excluding tert-OH is 5. The number of rotatable bonds is 4. The van der Waals surface area contributed by atoms with Gasteiger partial charge in [0.1, 0.15) is 59.7 Å². The summed E-state index contributed by atoms with van der Waals surface area (Å²) in [4.78, 5) is 12.1. The molecule has 4 rings (SSSR count). The van der Waals surface area contributed by atoms with Crippen molar-refractivity contribution in [3.05, 3.63) is 11.8 Å². The van der Waals surface area contributed by atoms with E-state index in [1.807, 2.05) is 0 Å². The third-order valence-corrected chi connectivity index (χ3v) is 6.26. The molecule has 0 radical (unpaired) electrons. The first-order chi connectivity index (χ1) is 13.6. The molecule has 0 spiro atoms. The molecular formula is C17H24O12. The number of ether oxygens (including phenoxy) is 5. The van der Waals surface area contributed by atoms with Gasteiger partial charge in [-0.3, -0.25) is 0 Å². The van der Waals surface area contributed by atoms with Gasteiger partial charge in [0.15, 0.2) is 6.29 Å². The third-order valence-electron chi connectivity index (χ3n) is 6.26. The Kier molecular flexibility index (Phi) is 4.93. The highest BCUT2D eigenvalue weighted by atomic mass is 16.8. The lowest BCUT2D eigenvalue weighted by molar-refractivity contribution is -0.350. The molecule has 3 aliphatic heterocycles. The Morgan fingerprint density at radius 3 is 2.48 bits per heavy atom. The van der Waals surface area contributed by atoms with Crippen molar-refractivity contribution >= 4 is 5.97 Å². The van der Waals surface area contributed by atoms with E-state index in [1.165, 1.54) is 0 Å². The van der Waals surface area contributed by atoms with Crippen molar-refractivity contribution in [2.24, 2.45) is 5.92 Å². The van der Waals surface area contributed by atoms with Crippen LogP contribution in [0, 0.1) is 5.92 Å². The predicted octanol–water partition coefficient (Wildman–Crippen LogP) is -3.90. The Morgan fingerprint density at radius 2 is 1.86 bits per heavy atom. The van der Waals surface area contributed by atoms with Crippen LogP contribution in [0.25, 0.3) is 0 Å². The zero-order valence-corrected chi connectivity index (χ0v) is 15.6. The van der Waals surface area contributed by atoms with Crippen molar-refractivity contribution in [2.45, 2.75) is 67.3 Å². The predicted molar refractivity (Wildman–Crippen MR) is 87.5 cm³/mol. The number of carbonyl (C=O) groups excluding carboxylic acids is 1. The molecule has 4 aliphatic rings. The summed E-state index contributed by atoms with van der Waals surface area (Å²) in [5, 5.41) is 61.2. The molecule has 0 amide bonds. The largest absolute Gasteiger partial charge is 0.471 e. The average Bonchev–Trinajstić information content (AvgIpc) is 3.34. The molecule has 0 aromatic heterocycles. The van der Waals surface area contributed by atoms with Crippen LogP contribution in [0.2, 0.25) is 0 Å². The number of esters is 1. The van der Waals surface area contributed by atoms with Gasteiger partial charge >= 0.3 is 5.97 Å². The summed E-state index contributed by atoms with van der Waals surface area (Å²) in [7, 11) is 1.11. The van der Waals surface area contributed by atoms with E-state index in [0.717, 1.165) is 13.4 Å². The Morgan fingerprint density at radius 1 is 1.17 bits per heavy atom. The molecule has 1 aliphatic carbocycles. The highest BCUT2D eigenvalue weighted by molar-refractivity contribution is 5.91. The average molecular weight is 420 g/mol. The molecule has 29 heavy (non-hydrogen) atoms. The topological polar surface area (TPSA) is 188 Å². The van der Waals surface area contributed by atoms with Crippen LogP contribution in [0.3, 0.4) is 0 Å². The van der Waals surface area contributed by atoms with E-state index in [0.29, 0.717) is 0 Å². The van der Waals surface area contributed by atoms with Crippen LogP contribution in [-0.4, -0.2) is 111 Å². The van der Waals surface area contributed by atoms with Crippen LogP contribution in [0.15, 0.2) is 11.8 Å². The SMILES string of the molecule is COC(=O)C1=CO[C@@H](O[C@@H]2O[C@H](CO)[C@@H](O)[C@@H](O)[C@H]2O)C2[C@]3(C)OC3[C@@H](O)[C@]12O. The fourth-order valence-electron chi connectivity index (χ4n) is 4.58. The molecule has 11 atom stereocenters. The van der Waals surface area contributed by atoms with Crippen molar-refractivity contribution in [2.75, 3.05) is 13.7 Å². The molecule has 12 heteroatoms. The molecule has 0 aromatic rings. The van der Waals surface area contributed by atoms with Crippen molar-refractivity contribution in [1.29, 1.82) is 0 Å². The second-order valence-corrected chi connectivity index (χ2v) is 7.83. The van der Waals surface area contributed by atoms with E-state index in [4.69, 9.17) is 18.9 Å². The summed E-state index contributed by atoms with van der Waals surface area (Å²) in [5.41, 5.74) is -3.55. The molecule has 0 bridgehead atoms. The first-order valence-corrected chi connectivity index (χ1v) is 9.09. The van der Waals surface area contributed by atoms with Crippen LogP contribution in [0.5, 0.6) is 0 Å². The second kappa shape index (κ2) is 6.83. The smallest absolute Gasteiger partial charge is 0.339 e. The van der Waals surface area contributed by atoms with E-state index < -0.39 is 78.9 Å². The summed E-state index contributed by atoms with van der Waals surface area (Å²) in [6.07, 6.45) is -10.5. The minimum atomic E-state index is -2.12. The second-order valence-electron chi connectivity index (χ2n) is 7.83. The quantitative estimate of drug-likeness (QED) is 0.192. The lowest BCUT2D eigenvalue weighted by Gasteiger charge is -2.46. The number of aliphatic hydroxyl groups is 6. The summed E-state index contributed by atoms with van der Waals surface area (Å²) >= 11 is 0. The van der Waals surface area contributed by atoms with Gasteiger partial charge in [-0.15, -0.1) is 0 Å². The van der Waals surface area contributed by atoms with Gasteiger partial charge in [-0.05, 0) is 6.92 Å². The number of hydrogen-bond donors (Lipinski definition) is 6. The highest BCUT2D eigenvalue weighted by Crippen LogP contribution is 2.63. The number of hydrogen-bond acceptors (Lipinski definition) is 12. The molecule has 164 valence electrons. The zero-order valence-electron chi connectivity index (χ0n) is 15.6. The number of epoxide rings is 1. The fraction of sp³-hybridized carbons (Fsp3) is 0.824. The molecule has 3 fully saturated rings. The summed E-state index contributed by atoms with van der Waals surface area (Å²) in [5.74, 6) is -2.03. The van der Waals surface area contributed by atoms with Crippen LogP contribution in [0.1, 0.15) is 6.92 Å². The minimum Gasteiger partial charge on any atom is -0.471 e. The maximum Gasteiger partial charge on any atom is 0.339 e. The van der Waals surface area contributed by atoms with Gasteiger partial charge in [-0.2, -0.15) is 0 Å². The third kappa shape index (κ3) is 2.76. The van der Waals surface area contributed by atoms with E-state index in [1.54, 1.807) is 6.92 Å². The molecule has 1 saturated carbocycles. The molecule has 6 N–H and O–H groups in total. The van der Waals surface area contributed by atoms with Crippen LogP contribution in [0.4, 0.5) is 0 Å². The molecule has 2 unspecified atom stereocenters. The number of fused-ring (bicyclic) bond motifs is 3. The fourth-order valence-corrected chi connectivity index (χ4v) is 4.58. The van der Waals surface area contributed by atoms with Gasteiger partial charge in [0.2, 0.25) is 6.29 Å². The van der Waals surface area contributed by atoms with Gasteiger partial charge in [-0.1, -0.05) is 0 Å². The summed E-state index contributed by atoms with van der Waals surface area (Å²) in [6, 6.07) is 0. The Bertz CT molecular complexity index is 711. The van der Waals surface area contributed by atoms with Crippen molar-refractivity contribution < 1.29 is 59.1 Å². The molecule has 12 nitrogen and oxygen atoms in total. The first-order valence-electron chi connectivity index (χ1n) is 9.09. The summed E-state index contributed by atoms with van der Waals surface area (Å²) in [6.45, 7) is 0.939. The van der Waals surface area contributed by atoms with Crippen LogP contribution >= 0.6 is 0 Å². The van der Waals surface area contributed by atoms with Gasteiger partial charge in [0.25, 0.3) is 0 Å². The number of methoxy groups -OCH3 is 1.